The molecular weight excluding hydrogens is 232 g/mol. The largest absolute Gasteiger partial charge is 0.383 e. The number of anilines is 2. The van der Waals surface area contributed by atoms with Gasteiger partial charge in [0.25, 0.3) is 0 Å². The Kier molecular flexibility index (Phi) is 3.93. The van der Waals surface area contributed by atoms with Crippen molar-refractivity contribution in [1.29, 1.82) is 0 Å². The molecule has 3 N–H and O–H groups in total. The van der Waals surface area contributed by atoms with Crippen LogP contribution in [0.5, 0.6) is 0 Å². The molecule has 0 spiro atoms. The van der Waals surface area contributed by atoms with Gasteiger partial charge in [0.2, 0.25) is 5.95 Å². The van der Waals surface area contributed by atoms with E-state index in [1.54, 1.807) is 20.4 Å². The third kappa shape index (κ3) is 2.51. The van der Waals surface area contributed by atoms with E-state index in [1.807, 2.05) is 0 Å². The second-order valence-corrected chi connectivity index (χ2v) is 3.98. The number of fused-ring (bicyclic) bond motifs is 1. The lowest BCUT2D eigenvalue weighted by atomic mass is 10.2. The van der Waals surface area contributed by atoms with Gasteiger partial charge in [-0.2, -0.15) is 15.1 Å². The van der Waals surface area contributed by atoms with Crippen molar-refractivity contribution in [2.75, 3.05) is 31.4 Å². The number of methoxy groups -OCH3 is 1. The molecule has 18 heavy (non-hydrogen) atoms. The second-order valence-electron chi connectivity index (χ2n) is 3.98. The highest BCUT2D eigenvalue weighted by Crippen LogP contribution is 2.20. The minimum absolute atomic E-state index is 0.215. The third-order valence-corrected chi connectivity index (χ3v) is 2.73. The fourth-order valence-corrected chi connectivity index (χ4v) is 1.71. The van der Waals surface area contributed by atoms with Crippen molar-refractivity contribution in [3.63, 3.8) is 0 Å². The molecule has 7 nitrogen and oxygen atoms in total. The third-order valence-electron chi connectivity index (χ3n) is 2.73. The van der Waals surface area contributed by atoms with E-state index in [-0.39, 0.29) is 6.04 Å². The summed E-state index contributed by atoms with van der Waals surface area (Å²) in [7, 11) is 3.48. The first-order chi connectivity index (χ1) is 8.78. The predicted molar refractivity (Wildman–Crippen MR) is 70.8 cm³/mol. The number of H-pyrrole nitrogens is 1. The van der Waals surface area contributed by atoms with Crippen LogP contribution in [0.1, 0.15) is 13.3 Å². The van der Waals surface area contributed by atoms with E-state index in [2.05, 4.69) is 37.7 Å². The highest BCUT2D eigenvalue weighted by molar-refractivity contribution is 5.87. The van der Waals surface area contributed by atoms with E-state index in [4.69, 9.17) is 4.74 Å². The Labute approximate surface area is 105 Å². The molecule has 0 aromatic carbocycles. The zero-order valence-electron chi connectivity index (χ0n) is 10.8. The summed E-state index contributed by atoms with van der Waals surface area (Å²) in [4.78, 5) is 8.69. The van der Waals surface area contributed by atoms with Crippen molar-refractivity contribution in [3.05, 3.63) is 6.20 Å². The lowest BCUT2D eigenvalue weighted by Gasteiger charge is -2.17. The van der Waals surface area contributed by atoms with Crippen LogP contribution in [0.15, 0.2) is 6.20 Å². The maximum absolute atomic E-state index is 5.17. The van der Waals surface area contributed by atoms with Crippen molar-refractivity contribution < 1.29 is 4.74 Å². The lowest BCUT2D eigenvalue weighted by molar-refractivity contribution is 0.184. The average molecular weight is 250 g/mol. The fourth-order valence-electron chi connectivity index (χ4n) is 1.71. The van der Waals surface area contributed by atoms with Crippen LogP contribution < -0.4 is 10.6 Å². The van der Waals surface area contributed by atoms with E-state index in [1.165, 1.54) is 0 Å². The molecule has 0 radical (unpaired) electrons. The molecule has 1 atom stereocenters. The molecule has 2 aromatic heterocycles. The van der Waals surface area contributed by atoms with Crippen molar-refractivity contribution in [3.8, 4) is 0 Å². The average Bonchev–Trinajstić information content (AvgIpc) is 2.86. The number of hydrogen-bond acceptors (Lipinski definition) is 6. The molecule has 0 saturated heterocycles. The summed E-state index contributed by atoms with van der Waals surface area (Å²) in [6.07, 6.45) is 2.67. The van der Waals surface area contributed by atoms with Crippen LogP contribution in [0.4, 0.5) is 11.8 Å². The molecule has 0 aliphatic rings. The summed E-state index contributed by atoms with van der Waals surface area (Å²) in [5, 5.41) is 14.0. The van der Waals surface area contributed by atoms with Crippen molar-refractivity contribution in [1.82, 2.24) is 20.2 Å². The molecule has 0 bridgehead atoms. The summed E-state index contributed by atoms with van der Waals surface area (Å²) in [5.41, 5.74) is 0.712. The second kappa shape index (κ2) is 5.63. The van der Waals surface area contributed by atoms with Crippen molar-refractivity contribution in [2.24, 2.45) is 0 Å². The zero-order valence-corrected chi connectivity index (χ0v) is 10.8. The first kappa shape index (κ1) is 12.6. The number of hydrogen-bond donors (Lipinski definition) is 3. The van der Waals surface area contributed by atoms with Crippen LogP contribution in [0.3, 0.4) is 0 Å². The van der Waals surface area contributed by atoms with E-state index < -0.39 is 0 Å². The van der Waals surface area contributed by atoms with Crippen LogP contribution in [0, 0.1) is 0 Å². The Morgan fingerprint density at radius 1 is 1.44 bits per heavy atom. The number of ether oxygens (including phenoxy) is 1. The molecule has 0 aliphatic carbocycles. The Balaban J connectivity index is 2.32. The van der Waals surface area contributed by atoms with Crippen LogP contribution in [0.2, 0.25) is 0 Å². The number of aromatic nitrogens is 4. The molecule has 2 heterocycles. The van der Waals surface area contributed by atoms with Gasteiger partial charge in [-0.1, -0.05) is 6.92 Å². The number of nitrogens with zero attached hydrogens (tertiary/aromatic N) is 3. The fraction of sp³-hybridized carbons (Fsp3) is 0.545. The Hall–Kier alpha value is -1.89. The minimum Gasteiger partial charge on any atom is -0.383 e. The summed E-state index contributed by atoms with van der Waals surface area (Å²) in [6, 6.07) is 0.215. The summed E-state index contributed by atoms with van der Waals surface area (Å²) < 4.78 is 5.17. The minimum atomic E-state index is 0.215. The normalized spacial score (nSPS) is 12.6. The molecule has 0 fully saturated rings. The van der Waals surface area contributed by atoms with E-state index in [9.17, 15) is 0 Å². The number of rotatable bonds is 6. The van der Waals surface area contributed by atoms with Crippen molar-refractivity contribution in [2.45, 2.75) is 19.4 Å². The maximum Gasteiger partial charge on any atom is 0.226 e. The monoisotopic (exact) mass is 250 g/mol. The molecule has 2 aromatic rings. The number of aromatic amines is 1. The molecule has 98 valence electrons. The topological polar surface area (TPSA) is 87.8 Å². The van der Waals surface area contributed by atoms with Crippen molar-refractivity contribution >= 4 is 22.8 Å². The summed E-state index contributed by atoms with van der Waals surface area (Å²) in [5.74, 6) is 1.32. The van der Waals surface area contributed by atoms with Gasteiger partial charge in [0.1, 0.15) is 5.82 Å². The van der Waals surface area contributed by atoms with Gasteiger partial charge in [0, 0.05) is 14.2 Å². The SMILES string of the molecule is CCC(COC)Nc1nc(NC)nc2[nH]ncc12. The van der Waals surface area contributed by atoms with Crippen LogP contribution in [-0.2, 0) is 4.74 Å². The van der Waals surface area contributed by atoms with Crippen LogP contribution >= 0.6 is 0 Å². The molecule has 1 unspecified atom stereocenters. The zero-order chi connectivity index (χ0) is 13.0. The van der Waals surface area contributed by atoms with Gasteiger partial charge in [0.15, 0.2) is 5.65 Å². The standard InChI is InChI=1S/C11H18N6O/c1-4-7(6-18-3)14-9-8-5-13-17-10(8)16-11(12-2)15-9/h5,7H,4,6H2,1-3H3,(H3,12,13,14,15,16,17). The number of nitrogens with one attached hydrogen (secondary N) is 3. The van der Waals surface area contributed by atoms with Crippen LogP contribution in [0.25, 0.3) is 11.0 Å². The predicted octanol–water partition coefficient (Wildman–Crippen LogP) is 1.23. The molecular formula is C11H18N6O. The summed E-state index contributed by atoms with van der Waals surface area (Å²) >= 11 is 0. The van der Waals surface area contributed by atoms with Gasteiger partial charge in [-0.3, -0.25) is 5.10 Å². The molecule has 0 aliphatic heterocycles. The first-order valence-corrected chi connectivity index (χ1v) is 5.92. The highest BCUT2D eigenvalue weighted by Gasteiger charge is 2.12. The van der Waals surface area contributed by atoms with Gasteiger partial charge in [-0.15, -0.1) is 0 Å². The maximum atomic E-state index is 5.17. The van der Waals surface area contributed by atoms with Gasteiger partial charge >= 0.3 is 0 Å². The molecule has 7 heteroatoms. The van der Waals surface area contributed by atoms with E-state index in [0.717, 1.165) is 17.6 Å². The van der Waals surface area contributed by atoms with Gasteiger partial charge in [-0.25, -0.2) is 0 Å². The Bertz CT molecular complexity index is 511. The summed E-state index contributed by atoms with van der Waals surface area (Å²) in [6.45, 7) is 2.73. The van der Waals surface area contributed by atoms with Gasteiger partial charge in [0.05, 0.1) is 24.2 Å². The highest BCUT2D eigenvalue weighted by atomic mass is 16.5. The smallest absolute Gasteiger partial charge is 0.226 e. The van der Waals surface area contributed by atoms with E-state index >= 15 is 0 Å². The van der Waals surface area contributed by atoms with E-state index in [0.29, 0.717) is 18.2 Å². The molecule has 0 saturated carbocycles. The van der Waals surface area contributed by atoms with Gasteiger partial charge < -0.3 is 15.4 Å². The quantitative estimate of drug-likeness (QED) is 0.714. The van der Waals surface area contributed by atoms with Crippen LogP contribution in [-0.4, -0.2) is 47.0 Å². The molecule has 2 rings (SSSR count). The lowest BCUT2D eigenvalue weighted by Crippen LogP contribution is -2.24. The first-order valence-electron chi connectivity index (χ1n) is 5.92. The van der Waals surface area contributed by atoms with Gasteiger partial charge in [-0.05, 0) is 6.42 Å². The Morgan fingerprint density at radius 2 is 2.28 bits per heavy atom. The Morgan fingerprint density at radius 3 is 2.94 bits per heavy atom. The molecule has 0 amide bonds.